The van der Waals surface area contributed by atoms with Crippen LogP contribution in [0, 0.1) is 0 Å². The summed E-state index contributed by atoms with van der Waals surface area (Å²) < 4.78 is 13.1. The first-order valence-electron chi connectivity index (χ1n) is 5.03. The van der Waals surface area contributed by atoms with Crippen molar-refractivity contribution in [2.24, 2.45) is 0 Å². The van der Waals surface area contributed by atoms with Crippen LogP contribution < -0.4 is 5.32 Å². The number of hydrogen-bond acceptors (Lipinski definition) is 2. The number of alkyl halides is 1. The molecule has 2 N–H and O–H groups in total. The fourth-order valence-corrected chi connectivity index (χ4v) is 1.66. The molecule has 0 spiro atoms. The van der Waals surface area contributed by atoms with E-state index in [1.807, 2.05) is 0 Å². The van der Waals surface area contributed by atoms with Crippen LogP contribution in [0.3, 0.4) is 0 Å². The van der Waals surface area contributed by atoms with Gasteiger partial charge in [-0.15, -0.1) is 0 Å². The van der Waals surface area contributed by atoms with Crippen LogP contribution in [-0.4, -0.2) is 28.8 Å². The average molecular weight is 203 g/mol. The number of aliphatic hydroxyl groups is 1. The van der Waals surface area contributed by atoms with Crippen molar-refractivity contribution in [3.63, 3.8) is 0 Å². The van der Waals surface area contributed by atoms with Crippen LogP contribution in [0.5, 0.6) is 0 Å². The SMILES string of the molecule is CC(C)(F)C(=O)NCC1(O)CCCC1. The lowest BCUT2D eigenvalue weighted by atomic mass is 10.0. The Hall–Kier alpha value is -0.640. The maximum atomic E-state index is 13.1. The molecule has 4 heteroatoms. The zero-order valence-corrected chi connectivity index (χ0v) is 8.77. The molecule has 1 rings (SSSR count). The summed E-state index contributed by atoms with van der Waals surface area (Å²) in [5, 5.41) is 12.3. The molecule has 1 saturated carbocycles. The van der Waals surface area contributed by atoms with Crippen molar-refractivity contribution in [1.82, 2.24) is 5.32 Å². The van der Waals surface area contributed by atoms with Crippen molar-refractivity contribution in [2.75, 3.05) is 6.54 Å². The Kier molecular flexibility index (Phi) is 3.14. The summed E-state index contributed by atoms with van der Waals surface area (Å²) in [5.74, 6) is -0.655. The Labute approximate surface area is 83.7 Å². The minimum atomic E-state index is -1.87. The molecule has 0 aliphatic heterocycles. The van der Waals surface area contributed by atoms with Crippen molar-refractivity contribution in [1.29, 1.82) is 0 Å². The summed E-state index contributed by atoms with van der Waals surface area (Å²) in [4.78, 5) is 11.2. The fraction of sp³-hybridized carbons (Fsp3) is 0.900. The van der Waals surface area contributed by atoms with Gasteiger partial charge in [0.15, 0.2) is 5.67 Å². The van der Waals surface area contributed by atoms with Gasteiger partial charge in [-0.1, -0.05) is 12.8 Å². The Bertz CT molecular complexity index is 217. The second-order valence-electron chi connectivity index (χ2n) is 4.59. The summed E-state index contributed by atoms with van der Waals surface area (Å²) >= 11 is 0. The molecule has 82 valence electrons. The number of carbonyl (C=O) groups is 1. The molecule has 1 aliphatic rings. The molecule has 1 amide bonds. The second kappa shape index (κ2) is 3.85. The number of hydrogen-bond donors (Lipinski definition) is 2. The Morgan fingerprint density at radius 3 is 2.43 bits per heavy atom. The van der Waals surface area contributed by atoms with E-state index >= 15 is 0 Å². The molecule has 0 atom stereocenters. The van der Waals surface area contributed by atoms with Crippen LogP contribution >= 0.6 is 0 Å². The van der Waals surface area contributed by atoms with Crippen LogP contribution in [0.4, 0.5) is 4.39 Å². The fourth-order valence-electron chi connectivity index (χ4n) is 1.66. The van der Waals surface area contributed by atoms with E-state index in [9.17, 15) is 14.3 Å². The first-order valence-corrected chi connectivity index (χ1v) is 5.03. The van der Waals surface area contributed by atoms with E-state index in [4.69, 9.17) is 0 Å². The van der Waals surface area contributed by atoms with E-state index in [-0.39, 0.29) is 6.54 Å². The van der Waals surface area contributed by atoms with Crippen LogP contribution in [0.1, 0.15) is 39.5 Å². The van der Waals surface area contributed by atoms with E-state index in [2.05, 4.69) is 5.32 Å². The van der Waals surface area contributed by atoms with Crippen molar-refractivity contribution in [3.8, 4) is 0 Å². The van der Waals surface area contributed by atoms with Gasteiger partial charge in [0.1, 0.15) is 0 Å². The second-order valence-corrected chi connectivity index (χ2v) is 4.59. The van der Waals surface area contributed by atoms with Crippen molar-refractivity contribution in [2.45, 2.75) is 50.8 Å². The lowest BCUT2D eigenvalue weighted by Gasteiger charge is -2.24. The first-order chi connectivity index (χ1) is 6.33. The van der Waals surface area contributed by atoms with Crippen molar-refractivity contribution in [3.05, 3.63) is 0 Å². The van der Waals surface area contributed by atoms with E-state index < -0.39 is 17.2 Å². The van der Waals surface area contributed by atoms with Crippen molar-refractivity contribution >= 4 is 5.91 Å². The van der Waals surface area contributed by atoms with E-state index in [1.165, 1.54) is 13.8 Å². The van der Waals surface area contributed by atoms with E-state index in [0.717, 1.165) is 12.8 Å². The smallest absolute Gasteiger partial charge is 0.257 e. The summed E-state index contributed by atoms with van der Waals surface area (Å²) in [7, 11) is 0. The number of nitrogens with one attached hydrogen (secondary N) is 1. The molecule has 0 saturated heterocycles. The van der Waals surface area contributed by atoms with Crippen LogP contribution in [-0.2, 0) is 4.79 Å². The molecule has 1 aliphatic carbocycles. The average Bonchev–Trinajstić information content (AvgIpc) is 2.47. The van der Waals surface area contributed by atoms with Gasteiger partial charge in [0.2, 0.25) is 0 Å². The number of amides is 1. The first kappa shape index (κ1) is 11.4. The van der Waals surface area contributed by atoms with Crippen molar-refractivity contribution < 1.29 is 14.3 Å². The number of carbonyl (C=O) groups excluding carboxylic acids is 1. The molecule has 0 bridgehead atoms. The van der Waals surface area contributed by atoms with Gasteiger partial charge in [0, 0.05) is 6.54 Å². The highest BCUT2D eigenvalue weighted by molar-refractivity contribution is 5.84. The quantitative estimate of drug-likeness (QED) is 0.723. The molecular weight excluding hydrogens is 185 g/mol. The highest BCUT2D eigenvalue weighted by Crippen LogP contribution is 2.28. The molecule has 0 aromatic rings. The highest BCUT2D eigenvalue weighted by Gasteiger charge is 2.34. The largest absolute Gasteiger partial charge is 0.388 e. The van der Waals surface area contributed by atoms with Gasteiger partial charge < -0.3 is 10.4 Å². The minimum Gasteiger partial charge on any atom is -0.388 e. The Morgan fingerprint density at radius 1 is 1.50 bits per heavy atom. The van der Waals surface area contributed by atoms with Gasteiger partial charge in [0.25, 0.3) is 5.91 Å². The summed E-state index contributed by atoms with van der Waals surface area (Å²) in [6, 6.07) is 0. The maximum Gasteiger partial charge on any atom is 0.257 e. The van der Waals surface area contributed by atoms with Gasteiger partial charge in [-0.2, -0.15) is 0 Å². The number of halogens is 1. The van der Waals surface area contributed by atoms with Gasteiger partial charge in [-0.05, 0) is 26.7 Å². The predicted octanol–water partition coefficient (Wildman–Crippen LogP) is 1.16. The standard InChI is InChI=1S/C10H18FNO2/c1-9(2,11)8(13)12-7-10(14)5-3-4-6-10/h14H,3-7H2,1-2H3,(H,12,13). The molecule has 0 unspecified atom stereocenters. The minimum absolute atomic E-state index is 0.166. The molecular formula is C10H18FNO2. The molecule has 0 heterocycles. The summed E-state index contributed by atoms with van der Waals surface area (Å²) in [6.45, 7) is 2.58. The van der Waals surface area contributed by atoms with Gasteiger partial charge in [-0.25, -0.2) is 4.39 Å². The third-order valence-corrected chi connectivity index (χ3v) is 2.65. The van der Waals surface area contributed by atoms with Gasteiger partial charge in [-0.3, -0.25) is 4.79 Å². The number of rotatable bonds is 3. The van der Waals surface area contributed by atoms with E-state index in [0.29, 0.717) is 12.8 Å². The monoisotopic (exact) mass is 203 g/mol. The summed E-state index contributed by atoms with van der Waals surface area (Å²) in [6.07, 6.45) is 3.34. The molecule has 0 aromatic carbocycles. The lowest BCUT2D eigenvalue weighted by molar-refractivity contribution is -0.132. The molecule has 1 fully saturated rings. The Morgan fingerprint density at radius 2 is 2.00 bits per heavy atom. The molecule has 14 heavy (non-hydrogen) atoms. The van der Waals surface area contributed by atoms with Gasteiger partial charge >= 0.3 is 0 Å². The zero-order chi connectivity index (χ0) is 10.8. The normalized spacial score (nSPS) is 20.9. The third-order valence-electron chi connectivity index (χ3n) is 2.65. The molecule has 0 radical (unpaired) electrons. The third kappa shape index (κ3) is 2.94. The van der Waals surface area contributed by atoms with Crippen LogP contribution in [0.25, 0.3) is 0 Å². The van der Waals surface area contributed by atoms with Gasteiger partial charge in [0.05, 0.1) is 5.60 Å². The topological polar surface area (TPSA) is 49.3 Å². The maximum absolute atomic E-state index is 13.1. The Balaban J connectivity index is 2.37. The van der Waals surface area contributed by atoms with E-state index in [1.54, 1.807) is 0 Å². The van der Waals surface area contributed by atoms with Crippen LogP contribution in [0.15, 0.2) is 0 Å². The molecule has 3 nitrogen and oxygen atoms in total. The zero-order valence-electron chi connectivity index (χ0n) is 8.77. The highest BCUT2D eigenvalue weighted by atomic mass is 19.1. The lowest BCUT2D eigenvalue weighted by Crippen LogP contribution is -2.46. The van der Waals surface area contributed by atoms with Crippen LogP contribution in [0.2, 0.25) is 0 Å². The summed E-state index contributed by atoms with van der Waals surface area (Å²) in [5.41, 5.74) is -2.67. The predicted molar refractivity (Wildman–Crippen MR) is 51.6 cm³/mol. The molecule has 0 aromatic heterocycles.